The van der Waals surface area contributed by atoms with E-state index in [4.69, 9.17) is 27.9 Å². The quantitative estimate of drug-likeness (QED) is 0.0757. The molecule has 14 nitrogen and oxygen atoms in total. The molecule has 0 aromatic heterocycles. The van der Waals surface area contributed by atoms with Crippen LogP contribution in [0.1, 0.15) is 53.8 Å². The number of hydrogen-bond donors (Lipinski definition) is 8. The fourth-order valence-electron chi connectivity index (χ4n) is 6.96. The largest absolute Gasteiger partial charge is 0.504 e. The number of aliphatic hydroxyl groups is 1. The number of nitrogens with one attached hydrogen (secondary N) is 2. The number of phenolic OH excluding ortho intramolecular Hbond substituents is 4. The number of fused-ring (bicyclic) bond motifs is 3. The highest BCUT2D eigenvalue weighted by atomic mass is 35.5. The van der Waals surface area contributed by atoms with Gasteiger partial charge in [0.25, 0.3) is 11.8 Å². The lowest BCUT2D eigenvalue weighted by Gasteiger charge is -2.31. The fourth-order valence-corrected chi connectivity index (χ4v) is 7.45. The van der Waals surface area contributed by atoms with Gasteiger partial charge in [-0.2, -0.15) is 0 Å². The summed E-state index contributed by atoms with van der Waals surface area (Å²) in [4.78, 5) is 41.8. The molecule has 3 aliphatic rings. The number of carbonyl (C=O) groups is 3. The van der Waals surface area contributed by atoms with Crippen LogP contribution in [0.3, 0.4) is 0 Å². The first-order valence-electron chi connectivity index (χ1n) is 16.0. The maximum absolute atomic E-state index is 12.7. The van der Waals surface area contributed by atoms with Crippen LogP contribution in [0, 0.1) is 11.8 Å². The number of aliphatic hydroxyl groups excluding tert-OH is 1. The summed E-state index contributed by atoms with van der Waals surface area (Å²) in [6.07, 6.45) is 0.390. The molecule has 0 aliphatic carbocycles. The van der Waals surface area contributed by atoms with Crippen LogP contribution < -0.4 is 10.6 Å². The first-order valence-corrected chi connectivity index (χ1v) is 16.8. The van der Waals surface area contributed by atoms with Crippen LogP contribution in [0.4, 0.5) is 0 Å². The van der Waals surface area contributed by atoms with Crippen LogP contribution in [0.25, 0.3) is 0 Å². The molecule has 6 atom stereocenters. The number of halogens is 2. The summed E-state index contributed by atoms with van der Waals surface area (Å²) in [5, 5.41) is 64.7. The lowest BCUT2D eigenvalue weighted by molar-refractivity contribution is -0.135. The summed E-state index contributed by atoms with van der Waals surface area (Å²) in [7, 11) is 0. The zero-order chi connectivity index (χ0) is 35.7. The average Bonchev–Trinajstić information content (AvgIpc) is 3.68. The SMILES string of the molecule is CC(O)C1C2OC2N2C(C(=O)O)=C(CN(CCCCNC(=O)c3ccc(O)c(O)c3Cl)CCCNC(=O)c3ccc(O)c(O)c3Cl)[C@H](C)[C@H]12. The van der Waals surface area contributed by atoms with Crippen molar-refractivity contribution in [1.82, 2.24) is 20.4 Å². The second-order valence-electron chi connectivity index (χ2n) is 12.6. The molecule has 8 N–H and O–H groups in total. The van der Waals surface area contributed by atoms with Gasteiger partial charge < -0.3 is 50.9 Å². The highest BCUT2D eigenvalue weighted by Crippen LogP contribution is 2.55. The summed E-state index contributed by atoms with van der Waals surface area (Å²) >= 11 is 12.0. The predicted molar refractivity (Wildman–Crippen MR) is 178 cm³/mol. The van der Waals surface area contributed by atoms with Gasteiger partial charge in [0.2, 0.25) is 0 Å². The van der Waals surface area contributed by atoms with Crippen molar-refractivity contribution in [2.75, 3.05) is 32.7 Å². The minimum absolute atomic E-state index is 0.00423. The molecule has 5 rings (SSSR count). The lowest BCUT2D eigenvalue weighted by Crippen LogP contribution is -2.41. The number of nitrogens with zero attached hydrogens (tertiary/aromatic N) is 2. The van der Waals surface area contributed by atoms with Crippen molar-refractivity contribution in [2.45, 2.75) is 57.6 Å². The molecule has 0 spiro atoms. The van der Waals surface area contributed by atoms with E-state index in [1.807, 2.05) is 6.92 Å². The third kappa shape index (κ3) is 7.33. The van der Waals surface area contributed by atoms with E-state index in [9.17, 15) is 45.0 Å². The lowest BCUT2D eigenvalue weighted by atomic mass is 9.84. The normalized spacial score (nSPS) is 23.0. The van der Waals surface area contributed by atoms with Crippen molar-refractivity contribution in [2.24, 2.45) is 11.8 Å². The van der Waals surface area contributed by atoms with E-state index in [0.29, 0.717) is 38.9 Å². The number of carboxylic acid groups (broad SMARTS) is 1. The Labute approximate surface area is 292 Å². The van der Waals surface area contributed by atoms with Crippen molar-refractivity contribution in [1.29, 1.82) is 0 Å². The third-order valence-corrected chi connectivity index (χ3v) is 10.2. The molecule has 3 heterocycles. The van der Waals surface area contributed by atoms with Crippen LogP contribution in [0.5, 0.6) is 23.0 Å². The van der Waals surface area contributed by atoms with Gasteiger partial charge in [-0.25, -0.2) is 4.79 Å². The number of unbranched alkanes of at least 4 members (excludes halogenated alkanes) is 1. The number of hydrogen-bond acceptors (Lipinski definition) is 11. The minimum Gasteiger partial charge on any atom is -0.504 e. The first kappa shape index (κ1) is 36.3. The maximum Gasteiger partial charge on any atom is 0.352 e. The van der Waals surface area contributed by atoms with Crippen LogP contribution >= 0.6 is 23.2 Å². The van der Waals surface area contributed by atoms with Gasteiger partial charge in [0.1, 0.15) is 11.8 Å². The summed E-state index contributed by atoms with van der Waals surface area (Å²) in [5.74, 6) is -4.55. The highest BCUT2D eigenvalue weighted by molar-refractivity contribution is 6.36. The van der Waals surface area contributed by atoms with Gasteiger partial charge in [-0.3, -0.25) is 14.5 Å². The molecule has 0 saturated carbocycles. The second-order valence-corrected chi connectivity index (χ2v) is 13.4. The highest BCUT2D eigenvalue weighted by Gasteiger charge is 2.67. The Kier molecular flexibility index (Phi) is 11.0. The van der Waals surface area contributed by atoms with Crippen LogP contribution in [-0.2, 0) is 9.53 Å². The van der Waals surface area contributed by atoms with Gasteiger partial charge in [-0.1, -0.05) is 30.1 Å². The number of rotatable bonds is 15. The number of phenols is 4. The molecule has 266 valence electrons. The monoisotopic (exact) mass is 722 g/mol. The average molecular weight is 724 g/mol. The van der Waals surface area contributed by atoms with E-state index in [1.165, 1.54) is 24.3 Å². The molecule has 0 bridgehead atoms. The van der Waals surface area contributed by atoms with E-state index in [2.05, 4.69) is 15.5 Å². The number of carbonyl (C=O) groups excluding carboxylic acids is 2. The Balaban J connectivity index is 1.23. The molecule has 2 saturated heterocycles. The molecule has 3 aliphatic heterocycles. The van der Waals surface area contributed by atoms with Gasteiger partial charge in [0.15, 0.2) is 29.2 Å². The predicted octanol–water partition coefficient (Wildman–Crippen LogP) is 2.84. The summed E-state index contributed by atoms with van der Waals surface area (Å²) < 4.78 is 5.75. The molecule has 16 heteroatoms. The molecule has 49 heavy (non-hydrogen) atoms. The summed E-state index contributed by atoms with van der Waals surface area (Å²) in [5.41, 5.74) is 0.937. The minimum atomic E-state index is -1.06. The third-order valence-electron chi connectivity index (χ3n) is 9.45. The van der Waals surface area contributed by atoms with Crippen LogP contribution in [0.2, 0.25) is 10.0 Å². The number of amides is 2. The number of carboxylic acids is 1. The number of ether oxygens (including phenoxy) is 1. The summed E-state index contributed by atoms with van der Waals surface area (Å²) in [6.45, 7) is 5.51. The van der Waals surface area contributed by atoms with E-state index in [1.54, 1.807) is 11.8 Å². The molecular formula is C33H40Cl2N4O10. The van der Waals surface area contributed by atoms with Crippen molar-refractivity contribution in [3.63, 3.8) is 0 Å². The van der Waals surface area contributed by atoms with E-state index in [0.717, 1.165) is 5.57 Å². The van der Waals surface area contributed by atoms with Crippen LogP contribution in [0.15, 0.2) is 35.5 Å². The van der Waals surface area contributed by atoms with Crippen molar-refractivity contribution in [3.8, 4) is 23.0 Å². The van der Waals surface area contributed by atoms with Crippen molar-refractivity contribution < 1.29 is 49.8 Å². The Morgan fingerprint density at radius 3 is 1.96 bits per heavy atom. The van der Waals surface area contributed by atoms with E-state index >= 15 is 0 Å². The second kappa shape index (κ2) is 14.9. The zero-order valence-electron chi connectivity index (χ0n) is 26.9. The number of aromatic hydroxyl groups is 4. The number of epoxide rings is 1. The van der Waals surface area contributed by atoms with Crippen molar-refractivity contribution >= 4 is 41.0 Å². The van der Waals surface area contributed by atoms with Gasteiger partial charge in [-0.05, 0) is 62.6 Å². The molecule has 2 fully saturated rings. The summed E-state index contributed by atoms with van der Waals surface area (Å²) in [6, 6.07) is 4.75. The number of aliphatic carboxylic acids is 1. The smallest absolute Gasteiger partial charge is 0.352 e. The van der Waals surface area contributed by atoms with Gasteiger partial charge >= 0.3 is 5.97 Å². The zero-order valence-corrected chi connectivity index (χ0v) is 28.4. The van der Waals surface area contributed by atoms with E-state index < -0.39 is 46.9 Å². The number of benzene rings is 2. The Bertz CT molecular complexity index is 1650. The Hall–Kier alpha value is -3.95. The van der Waals surface area contributed by atoms with Crippen LogP contribution in [-0.4, -0.2) is 115 Å². The van der Waals surface area contributed by atoms with Crippen molar-refractivity contribution in [3.05, 3.63) is 56.7 Å². The first-order chi connectivity index (χ1) is 23.2. The molecule has 2 aromatic rings. The molecule has 2 amide bonds. The Morgan fingerprint density at radius 2 is 1.43 bits per heavy atom. The molecular weight excluding hydrogens is 683 g/mol. The molecule has 0 radical (unpaired) electrons. The molecule has 4 unspecified atom stereocenters. The fraction of sp³-hybridized carbons (Fsp3) is 0.485. The molecule has 2 aromatic carbocycles. The van der Waals surface area contributed by atoms with Gasteiger partial charge in [0, 0.05) is 44.1 Å². The Morgan fingerprint density at radius 1 is 0.898 bits per heavy atom. The van der Waals surface area contributed by atoms with Gasteiger partial charge in [0.05, 0.1) is 27.3 Å². The standard InChI is InChI=1S/C33H40Cl2N4O10/c1-15-19(26(33(47)48)39-25(15)22(16(2)40)29-32(39)49-29)14-38(13-5-11-37-31(46)18-7-9-21(42)28(44)24(18)35)12-4-3-10-36-30(45)17-6-8-20(41)27(43)23(17)34/h6-9,15-16,22,25,29,32,40-44H,3-5,10-14H2,1-2H3,(H,36,45)(H,37,46)(H,47,48)/t15-,16?,22?,25+,29?,32?/m0/s1. The van der Waals surface area contributed by atoms with Gasteiger partial charge in [-0.15, -0.1) is 0 Å². The topological polar surface area (TPSA) is 216 Å². The maximum atomic E-state index is 12.7. The van der Waals surface area contributed by atoms with E-state index in [-0.39, 0.29) is 70.2 Å².